The second-order valence-electron chi connectivity index (χ2n) is 26.5. The first-order valence-electron chi connectivity index (χ1n) is 28.5. The van der Waals surface area contributed by atoms with E-state index in [2.05, 4.69) is 138 Å². The van der Waals surface area contributed by atoms with Crippen LogP contribution in [0.15, 0.2) is 121 Å². The number of carbonyl (C=O) groups excluding carboxylic acids is 4. The Balaban J connectivity index is 1.25. The largest absolute Gasteiger partial charge is 0.457 e. The van der Waals surface area contributed by atoms with Crippen molar-refractivity contribution in [2.24, 2.45) is 5.92 Å². The predicted octanol–water partition coefficient (Wildman–Crippen LogP) is 18.2. The summed E-state index contributed by atoms with van der Waals surface area (Å²) in [5, 5.41) is 4.98. The van der Waals surface area contributed by atoms with Gasteiger partial charge in [0.15, 0.2) is 0 Å². The van der Waals surface area contributed by atoms with Gasteiger partial charge in [-0.15, -0.1) is 0 Å². The highest BCUT2D eigenvalue weighted by atomic mass is 16.5. The van der Waals surface area contributed by atoms with Crippen molar-refractivity contribution in [1.82, 2.24) is 9.88 Å². The van der Waals surface area contributed by atoms with Gasteiger partial charge in [0.1, 0.15) is 23.0 Å². The van der Waals surface area contributed by atoms with Crippen molar-refractivity contribution in [2.45, 2.75) is 144 Å². The molecule has 1 atom stereocenters. The average molecular weight is 1060 g/mol. The molecule has 0 fully saturated rings. The fourth-order valence-corrected chi connectivity index (χ4v) is 11.8. The normalized spacial score (nSPS) is 14.6. The summed E-state index contributed by atoms with van der Waals surface area (Å²) in [4.78, 5) is 68.8. The Hall–Kier alpha value is -7.91. The maximum absolute atomic E-state index is 15.7. The summed E-state index contributed by atoms with van der Waals surface area (Å²) in [5.41, 5.74) is 6.66. The van der Waals surface area contributed by atoms with E-state index in [1.54, 1.807) is 30.5 Å². The molecular formula is C71H73N3O6. The van der Waals surface area contributed by atoms with Gasteiger partial charge in [0.05, 0.1) is 22.5 Å². The van der Waals surface area contributed by atoms with Crippen LogP contribution in [0.25, 0.3) is 54.3 Å². The molecule has 1 unspecified atom stereocenters. The van der Waals surface area contributed by atoms with Crippen molar-refractivity contribution in [3.05, 3.63) is 166 Å². The van der Waals surface area contributed by atoms with Crippen molar-refractivity contribution in [3.63, 3.8) is 0 Å². The van der Waals surface area contributed by atoms with E-state index < -0.39 is 11.8 Å². The van der Waals surface area contributed by atoms with Crippen molar-refractivity contribution in [1.29, 1.82) is 0 Å². The molecular weight excluding hydrogens is 991 g/mol. The van der Waals surface area contributed by atoms with E-state index >= 15 is 19.2 Å². The van der Waals surface area contributed by atoms with Crippen LogP contribution in [-0.2, 0) is 21.7 Å². The summed E-state index contributed by atoms with van der Waals surface area (Å²) in [6, 6.07) is 37.1. The molecule has 9 nitrogen and oxygen atoms in total. The molecule has 0 saturated heterocycles. The van der Waals surface area contributed by atoms with E-state index in [9.17, 15) is 0 Å². The monoisotopic (exact) mass is 1060 g/mol. The summed E-state index contributed by atoms with van der Waals surface area (Å²) in [6.45, 7) is 30.8. The third-order valence-electron chi connectivity index (χ3n) is 16.6. The molecule has 1 aromatic heterocycles. The standard InChI is InChI=1S/C71H73N3O6/c1-15-17-21-40(16-2)39-73-64(75)51-26-24-49-61-57(80-48-34-44(70(9,10)11)31-45(35-48)71(12,13)14)38-54-59-52(66(77)74(67(54)78)46-28-29-72-55(36-46)41-22-19-18-20-23-41)27-25-50(63(59)61)60-56(37-53(65(73)76)58(51)62(49)60)79-47-32-42(68(3,4)5)30-43(33-47)69(6,7)8/h18-20,22-38,40H,15-17,21,39H2,1-14H3. The lowest BCUT2D eigenvalue weighted by molar-refractivity contribution is 0.0579. The van der Waals surface area contributed by atoms with Crippen molar-refractivity contribution < 1.29 is 28.7 Å². The maximum atomic E-state index is 15.7. The molecule has 2 aliphatic heterocycles. The summed E-state index contributed by atoms with van der Waals surface area (Å²) < 4.78 is 14.7. The highest BCUT2D eigenvalue weighted by Gasteiger charge is 2.41. The van der Waals surface area contributed by atoms with Crippen LogP contribution < -0.4 is 14.4 Å². The number of nitrogens with zero attached hydrogens (tertiary/aromatic N) is 3. The number of fused-ring (bicyclic) bond motifs is 2. The molecule has 408 valence electrons. The molecule has 0 spiro atoms. The number of amides is 4. The summed E-state index contributed by atoms with van der Waals surface area (Å²) in [7, 11) is 0. The average Bonchev–Trinajstić information content (AvgIpc) is 2.55. The quantitative estimate of drug-likeness (QED) is 0.0681. The maximum Gasteiger partial charge on any atom is 0.266 e. The second-order valence-corrected chi connectivity index (χ2v) is 26.5. The highest BCUT2D eigenvalue weighted by molar-refractivity contribution is 6.45. The summed E-state index contributed by atoms with van der Waals surface area (Å²) in [5.74, 6) is 0.433. The number of unbranched alkanes of at least 4 members (excludes halogenated alkanes) is 1. The molecule has 4 amide bonds. The van der Waals surface area contributed by atoms with Gasteiger partial charge in [0.2, 0.25) is 0 Å². The number of aromatic nitrogens is 1. The van der Waals surface area contributed by atoms with Gasteiger partial charge in [-0.25, -0.2) is 4.90 Å². The Morgan fingerprint density at radius 2 is 0.925 bits per heavy atom. The van der Waals surface area contributed by atoms with Crippen LogP contribution in [0, 0.1) is 5.92 Å². The number of rotatable bonds is 12. The van der Waals surface area contributed by atoms with Crippen molar-refractivity contribution >= 4 is 72.4 Å². The Bertz CT molecular complexity index is 3970. The molecule has 9 aromatic rings. The number of benzene rings is 8. The number of pyridine rings is 1. The lowest BCUT2D eigenvalue weighted by Gasteiger charge is -2.32. The number of carbonyl (C=O) groups is 4. The van der Waals surface area contributed by atoms with Crippen LogP contribution in [0.4, 0.5) is 5.69 Å². The molecule has 80 heavy (non-hydrogen) atoms. The van der Waals surface area contributed by atoms with Crippen LogP contribution in [0.1, 0.15) is 186 Å². The molecule has 11 rings (SSSR count). The molecule has 8 aromatic carbocycles. The van der Waals surface area contributed by atoms with E-state index in [1.165, 1.54) is 9.80 Å². The third kappa shape index (κ3) is 9.26. The molecule has 0 aliphatic carbocycles. The zero-order valence-electron chi connectivity index (χ0n) is 49.0. The molecule has 0 N–H and O–H groups in total. The highest BCUT2D eigenvalue weighted by Crippen LogP contribution is 2.54. The lowest BCUT2D eigenvalue weighted by atomic mass is 9.80. The zero-order valence-corrected chi connectivity index (χ0v) is 49.0. The number of hydrogen-bond acceptors (Lipinski definition) is 7. The van der Waals surface area contributed by atoms with Crippen molar-refractivity contribution in [2.75, 3.05) is 11.4 Å². The van der Waals surface area contributed by atoms with Crippen LogP contribution in [0.2, 0.25) is 0 Å². The van der Waals surface area contributed by atoms with Gasteiger partial charge in [0.25, 0.3) is 23.6 Å². The number of anilines is 1. The van der Waals surface area contributed by atoms with E-state index in [0.717, 1.165) is 53.5 Å². The number of imide groups is 2. The second kappa shape index (κ2) is 19.4. The van der Waals surface area contributed by atoms with Crippen LogP contribution >= 0.6 is 0 Å². The molecule has 3 heterocycles. The van der Waals surface area contributed by atoms with Gasteiger partial charge < -0.3 is 9.47 Å². The minimum absolute atomic E-state index is 0.136. The first kappa shape index (κ1) is 54.1. The van der Waals surface area contributed by atoms with E-state index in [1.807, 2.05) is 54.6 Å². The van der Waals surface area contributed by atoms with E-state index in [-0.39, 0.29) is 45.0 Å². The smallest absolute Gasteiger partial charge is 0.266 e. The minimum atomic E-state index is -0.512. The Morgan fingerprint density at radius 3 is 1.39 bits per heavy atom. The van der Waals surface area contributed by atoms with E-state index in [0.29, 0.717) is 101 Å². The molecule has 0 saturated carbocycles. The first-order chi connectivity index (χ1) is 37.8. The summed E-state index contributed by atoms with van der Waals surface area (Å²) in [6.07, 6.45) is 5.38. The number of ether oxygens (including phenoxy) is 2. The number of hydrogen-bond donors (Lipinski definition) is 0. The predicted molar refractivity (Wildman–Crippen MR) is 325 cm³/mol. The molecule has 0 radical (unpaired) electrons. The fraction of sp³-hybridized carbons (Fsp3) is 0.338. The van der Waals surface area contributed by atoms with Gasteiger partial charge in [0, 0.05) is 61.7 Å². The Kier molecular flexibility index (Phi) is 13.1. The lowest BCUT2D eigenvalue weighted by Crippen LogP contribution is -2.43. The van der Waals surface area contributed by atoms with Gasteiger partial charge in [-0.1, -0.05) is 171 Å². The topological polar surface area (TPSA) is 106 Å². The van der Waals surface area contributed by atoms with Crippen LogP contribution in [0.5, 0.6) is 23.0 Å². The Morgan fingerprint density at radius 1 is 0.475 bits per heavy atom. The van der Waals surface area contributed by atoms with Gasteiger partial charge in [-0.3, -0.25) is 29.1 Å². The van der Waals surface area contributed by atoms with Crippen LogP contribution in [0.3, 0.4) is 0 Å². The fourth-order valence-electron chi connectivity index (χ4n) is 11.8. The zero-order chi connectivity index (χ0) is 57.1. The molecule has 2 aliphatic rings. The first-order valence-corrected chi connectivity index (χ1v) is 28.5. The SMILES string of the molecule is CCCCC(CC)CN1C(=O)c2ccc3c4c(Oc5cc(C(C)(C)C)cc(C(C)(C)C)c5)cc5c6c(ccc(c7c(Oc8cc(C(C)(C)C)cc(C(C)(C)C)c8)cc(c2c37)C1=O)c64)C(=O)N(c1ccnc(-c2ccccc2)c1)C5=O. The van der Waals surface area contributed by atoms with E-state index in [4.69, 9.17) is 9.47 Å². The van der Waals surface area contributed by atoms with Gasteiger partial charge in [-0.2, -0.15) is 0 Å². The molecule has 9 heteroatoms. The summed E-state index contributed by atoms with van der Waals surface area (Å²) >= 11 is 0. The molecule has 0 bridgehead atoms. The third-order valence-corrected chi connectivity index (χ3v) is 16.6. The minimum Gasteiger partial charge on any atom is -0.457 e. The van der Waals surface area contributed by atoms with Crippen LogP contribution in [-0.4, -0.2) is 40.1 Å². The van der Waals surface area contributed by atoms with Gasteiger partial charge >= 0.3 is 0 Å². The van der Waals surface area contributed by atoms with Crippen molar-refractivity contribution in [3.8, 4) is 34.3 Å². The van der Waals surface area contributed by atoms with Gasteiger partial charge in [-0.05, 0) is 128 Å². The Labute approximate surface area is 470 Å².